The lowest BCUT2D eigenvalue weighted by molar-refractivity contribution is 0.357. The van der Waals surface area contributed by atoms with Gasteiger partial charge in [0, 0.05) is 0 Å². The normalized spacial score (nSPS) is 14.4. The van der Waals surface area contributed by atoms with E-state index in [2.05, 4.69) is 37.9 Å². The number of azo groups is 1. The van der Waals surface area contributed by atoms with Crippen molar-refractivity contribution in [1.29, 1.82) is 0 Å². The molecule has 0 aromatic heterocycles. The highest BCUT2D eigenvalue weighted by molar-refractivity contribution is 6.23. The molecule has 0 spiro atoms. The highest BCUT2D eigenvalue weighted by Crippen LogP contribution is 2.34. The van der Waals surface area contributed by atoms with Crippen molar-refractivity contribution in [3.05, 3.63) is 0 Å². The molecule has 0 atom stereocenters. The van der Waals surface area contributed by atoms with Crippen LogP contribution < -0.4 is 0 Å². The molecule has 0 aliphatic carbocycles. The van der Waals surface area contributed by atoms with Gasteiger partial charge in [0.25, 0.3) is 0 Å². The molecule has 0 amide bonds. The number of hydrogen-bond donors (Lipinski definition) is 0. The highest BCUT2D eigenvalue weighted by Gasteiger charge is 2.29. The Labute approximate surface area is 106 Å². The summed E-state index contributed by atoms with van der Waals surface area (Å²) in [5.74, 6) is 1.07. The third-order valence-corrected chi connectivity index (χ3v) is 2.36. The summed E-state index contributed by atoms with van der Waals surface area (Å²) in [5, 5.41) is 8.73. The fraction of sp³-hybridized carbons (Fsp3) is 1.00. The van der Waals surface area contributed by atoms with E-state index in [1.54, 1.807) is 0 Å². The molecule has 0 fully saturated rings. The zero-order chi connectivity index (χ0) is 13.0. The fourth-order valence-electron chi connectivity index (χ4n) is 1.66. The van der Waals surface area contributed by atoms with Crippen molar-refractivity contribution in [1.82, 2.24) is 0 Å². The Morgan fingerprint density at radius 3 is 1.50 bits per heavy atom. The van der Waals surface area contributed by atoms with Crippen LogP contribution in [0.5, 0.6) is 0 Å². The summed E-state index contributed by atoms with van der Waals surface area (Å²) in [7, 11) is 0. The second-order valence-corrected chi connectivity index (χ2v) is 7.19. The Kier molecular flexibility index (Phi) is 5.95. The smallest absolute Gasteiger partial charge is 0.155 e. The number of halogens is 1. The molecule has 0 aliphatic rings. The monoisotopic (exact) mass is 246 g/mol. The first-order valence-corrected chi connectivity index (χ1v) is 6.55. The molecule has 0 aliphatic heterocycles. The quantitative estimate of drug-likeness (QED) is 0.359. The molecule has 0 aromatic rings. The molecule has 0 radical (unpaired) electrons. The second kappa shape index (κ2) is 6.00. The van der Waals surface area contributed by atoms with Crippen LogP contribution in [0.25, 0.3) is 0 Å². The van der Waals surface area contributed by atoms with Crippen LogP contribution in [0.1, 0.15) is 61.3 Å². The molecule has 96 valence electrons. The van der Waals surface area contributed by atoms with Gasteiger partial charge in [-0.15, -0.1) is 0 Å². The average molecular weight is 247 g/mol. The summed E-state index contributed by atoms with van der Waals surface area (Å²) in [5.41, 5.74) is -0.145. The molecule has 0 aromatic carbocycles. The van der Waals surface area contributed by atoms with Gasteiger partial charge in [0.15, 0.2) is 5.00 Å². The zero-order valence-corrected chi connectivity index (χ0v) is 12.6. The summed E-state index contributed by atoms with van der Waals surface area (Å²) in [6.45, 7) is 14.8. The van der Waals surface area contributed by atoms with E-state index in [4.69, 9.17) is 11.6 Å². The minimum absolute atomic E-state index is 0.145. The molecule has 0 bridgehead atoms. The lowest BCUT2D eigenvalue weighted by Crippen LogP contribution is -2.24. The average Bonchev–Trinajstić information content (AvgIpc) is 1.96. The highest BCUT2D eigenvalue weighted by atomic mass is 35.5. The molecule has 16 heavy (non-hydrogen) atoms. The van der Waals surface area contributed by atoms with E-state index >= 15 is 0 Å². The first-order chi connectivity index (χ1) is 7.04. The SMILES string of the molecule is CC(C)CC(Cl)(CC(C)C)N=NC(C)(C)C. The predicted molar refractivity (Wildman–Crippen MR) is 72.1 cm³/mol. The molecule has 0 saturated carbocycles. The molecule has 0 N–H and O–H groups in total. The third-order valence-electron chi connectivity index (χ3n) is 1.97. The van der Waals surface area contributed by atoms with Crippen LogP contribution in [0.15, 0.2) is 10.2 Å². The van der Waals surface area contributed by atoms with Crippen LogP contribution in [0.4, 0.5) is 0 Å². The molecule has 0 unspecified atom stereocenters. The molecule has 0 saturated heterocycles. The van der Waals surface area contributed by atoms with Gasteiger partial charge in [-0.25, -0.2) is 0 Å². The van der Waals surface area contributed by atoms with E-state index in [1.165, 1.54) is 0 Å². The summed E-state index contributed by atoms with van der Waals surface area (Å²) in [4.78, 5) is -0.518. The van der Waals surface area contributed by atoms with Crippen LogP contribution >= 0.6 is 11.6 Å². The van der Waals surface area contributed by atoms with Crippen molar-refractivity contribution in [2.45, 2.75) is 71.8 Å². The maximum absolute atomic E-state index is 6.57. The largest absolute Gasteiger partial charge is 0.187 e. The first-order valence-electron chi connectivity index (χ1n) is 6.17. The zero-order valence-electron chi connectivity index (χ0n) is 11.8. The van der Waals surface area contributed by atoms with Crippen LogP contribution in [0.2, 0.25) is 0 Å². The summed E-state index contributed by atoms with van der Waals surface area (Å²) in [6, 6.07) is 0. The Bertz CT molecular complexity index is 217. The lowest BCUT2D eigenvalue weighted by Gasteiger charge is -2.26. The third kappa shape index (κ3) is 8.09. The van der Waals surface area contributed by atoms with Crippen molar-refractivity contribution < 1.29 is 0 Å². The molecule has 3 heteroatoms. The van der Waals surface area contributed by atoms with E-state index in [9.17, 15) is 0 Å². The van der Waals surface area contributed by atoms with Crippen LogP contribution in [-0.4, -0.2) is 10.5 Å². The van der Waals surface area contributed by atoms with Crippen molar-refractivity contribution in [3.8, 4) is 0 Å². The number of alkyl halides is 1. The standard InChI is InChI=1S/C13H27ClN2/c1-10(2)8-13(14,9-11(3)4)16-15-12(5,6)7/h10-11H,8-9H2,1-7H3. The van der Waals surface area contributed by atoms with Crippen LogP contribution in [0.3, 0.4) is 0 Å². The maximum Gasteiger partial charge on any atom is 0.155 e. The fourth-order valence-corrected chi connectivity index (χ4v) is 2.31. The van der Waals surface area contributed by atoms with Gasteiger partial charge in [-0.3, -0.25) is 0 Å². The van der Waals surface area contributed by atoms with Crippen molar-refractivity contribution >= 4 is 11.6 Å². The van der Waals surface area contributed by atoms with E-state index in [0.717, 1.165) is 12.8 Å². The summed E-state index contributed by atoms with van der Waals surface area (Å²) in [6.07, 6.45) is 1.76. The van der Waals surface area contributed by atoms with Gasteiger partial charge in [0.1, 0.15) is 0 Å². The van der Waals surface area contributed by atoms with E-state index < -0.39 is 5.00 Å². The van der Waals surface area contributed by atoms with E-state index in [1.807, 2.05) is 20.8 Å². The Morgan fingerprint density at radius 2 is 1.25 bits per heavy atom. The molecular formula is C13H27ClN2. The number of hydrogen-bond acceptors (Lipinski definition) is 2. The molecule has 2 nitrogen and oxygen atoms in total. The van der Waals surface area contributed by atoms with Gasteiger partial charge in [0.2, 0.25) is 0 Å². The van der Waals surface area contributed by atoms with Crippen LogP contribution in [-0.2, 0) is 0 Å². The first kappa shape index (κ1) is 15.9. The van der Waals surface area contributed by atoms with Gasteiger partial charge in [0.05, 0.1) is 5.54 Å². The van der Waals surface area contributed by atoms with E-state index in [-0.39, 0.29) is 5.54 Å². The van der Waals surface area contributed by atoms with Gasteiger partial charge in [-0.2, -0.15) is 10.2 Å². The molecule has 0 rings (SSSR count). The topological polar surface area (TPSA) is 24.7 Å². The van der Waals surface area contributed by atoms with Gasteiger partial charge < -0.3 is 0 Å². The number of nitrogens with zero attached hydrogens (tertiary/aromatic N) is 2. The predicted octanol–water partition coefficient (Wildman–Crippen LogP) is 5.26. The minimum Gasteiger partial charge on any atom is -0.187 e. The summed E-state index contributed by atoms with van der Waals surface area (Å²) >= 11 is 6.57. The van der Waals surface area contributed by atoms with Gasteiger partial charge >= 0.3 is 0 Å². The van der Waals surface area contributed by atoms with E-state index in [0.29, 0.717) is 11.8 Å². The Hall–Kier alpha value is -0.110. The van der Waals surface area contributed by atoms with Gasteiger partial charge in [-0.05, 0) is 45.4 Å². The van der Waals surface area contributed by atoms with Crippen molar-refractivity contribution in [2.75, 3.05) is 0 Å². The van der Waals surface area contributed by atoms with Gasteiger partial charge in [-0.1, -0.05) is 39.3 Å². The lowest BCUT2D eigenvalue weighted by atomic mass is 9.95. The minimum atomic E-state index is -0.518. The van der Waals surface area contributed by atoms with Crippen LogP contribution in [0, 0.1) is 11.8 Å². The Morgan fingerprint density at radius 1 is 0.875 bits per heavy atom. The number of rotatable bonds is 5. The molecule has 0 heterocycles. The van der Waals surface area contributed by atoms with Crippen molar-refractivity contribution in [3.63, 3.8) is 0 Å². The Balaban J connectivity index is 4.72. The molecular weight excluding hydrogens is 220 g/mol. The summed E-state index contributed by atoms with van der Waals surface area (Å²) < 4.78 is 0. The second-order valence-electron chi connectivity index (χ2n) is 6.48. The van der Waals surface area contributed by atoms with Crippen molar-refractivity contribution in [2.24, 2.45) is 22.1 Å². The maximum atomic E-state index is 6.57.